The molecule has 5 heteroatoms. The molecule has 0 heterocycles. The molecular weight excluding hydrogens is 230 g/mol. The molecule has 0 radical (unpaired) electrons. The van der Waals surface area contributed by atoms with Crippen molar-refractivity contribution in [3.63, 3.8) is 0 Å². The Morgan fingerprint density at radius 2 is 2.11 bits per heavy atom. The normalized spacial score (nSPS) is 10.3. The van der Waals surface area contributed by atoms with Crippen LogP contribution < -0.4 is 0 Å². The second kappa shape index (κ2) is 11.9. The summed E-state index contributed by atoms with van der Waals surface area (Å²) < 4.78 is 4.74. The second-order valence-electron chi connectivity index (χ2n) is 4.06. The van der Waals surface area contributed by atoms with Crippen molar-refractivity contribution in [1.82, 2.24) is 5.01 Å². The Labute approximate surface area is 109 Å². The minimum absolute atomic E-state index is 0.191. The van der Waals surface area contributed by atoms with Crippen molar-refractivity contribution in [3.05, 3.63) is 0 Å². The Morgan fingerprint density at radius 1 is 1.39 bits per heavy atom. The molecular formula is C13H23N3O2. The summed E-state index contributed by atoms with van der Waals surface area (Å²) in [5.74, 6) is -0.340. The largest absolute Gasteiger partial charge is 0.464 e. The predicted octanol–water partition coefficient (Wildman–Crippen LogP) is 2.68. The van der Waals surface area contributed by atoms with Gasteiger partial charge in [0.1, 0.15) is 6.61 Å². The van der Waals surface area contributed by atoms with Crippen LogP contribution in [0.25, 0.3) is 0 Å². The summed E-state index contributed by atoms with van der Waals surface area (Å²) in [6.07, 6.45) is 10.7. The van der Waals surface area contributed by atoms with Gasteiger partial charge in [0.05, 0.1) is 6.54 Å². The predicted molar refractivity (Wildman–Crippen MR) is 70.8 cm³/mol. The minimum Gasteiger partial charge on any atom is -0.464 e. The van der Waals surface area contributed by atoms with Gasteiger partial charge in [-0.15, -0.1) is 0 Å². The summed E-state index contributed by atoms with van der Waals surface area (Å²) in [6, 6.07) is 0. The lowest BCUT2D eigenvalue weighted by Gasteiger charge is -2.08. The molecule has 0 atom stereocenters. The van der Waals surface area contributed by atoms with Crippen LogP contribution in [0.3, 0.4) is 0 Å². The highest BCUT2D eigenvalue weighted by atomic mass is 16.5. The molecule has 0 aromatic rings. The Balaban J connectivity index is 3.58. The average molecular weight is 253 g/mol. The van der Waals surface area contributed by atoms with Crippen LogP contribution in [0, 0.1) is 11.5 Å². The summed E-state index contributed by atoms with van der Waals surface area (Å²) in [5, 5.41) is 14.0. The van der Waals surface area contributed by atoms with Crippen molar-refractivity contribution in [1.29, 1.82) is 5.26 Å². The molecule has 102 valence electrons. The zero-order chi connectivity index (χ0) is 13.6. The zero-order valence-electron chi connectivity index (χ0n) is 11.4. The quantitative estimate of drug-likeness (QED) is 0.150. The number of hydrogen-bond donors (Lipinski definition) is 0. The molecule has 0 spiro atoms. The van der Waals surface area contributed by atoms with Gasteiger partial charge in [0.25, 0.3) is 0 Å². The van der Waals surface area contributed by atoms with Gasteiger partial charge in [0, 0.05) is 13.1 Å². The highest BCUT2D eigenvalue weighted by Crippen LogP contribution is 2.03. The fourth-order valence-electron chi connectivity index (χ4n) is 1.40. The number of hydrazone groups is 1. The third-order valence-corrected chi connectivity index (χ3v) is 2.38. The van der Waals surface area contributed by atoms with E-state index in [1.165, 1.54) is 37.6 Å². The number of nitriles is 1. The average Bonchev–Trinajstić information content (AvgIpc) is 2.35. The van der Waals surface area contributed by atoms with Gasteiger partial charge in [-0.3, -0.25) is 4.79 Å². The number of carbonyl (C=O) groups is 1. The zero-order valence-corrected chi connectivity index (χ0v) is 11.4. The highest BCUT2D eigenvalue weighted by Gasteiger charge is 1.99. The molecule has 0 amide bonds. The first-order valence-corrected chi connectivity index (χ1v) is 6.53. The highest BCUT2D eigenvalue weighted by molar-refractivity contribution is 5.65. The van der Waals surface area contributed by atoms with Gasteiger partial charge < -0.3 is 4.74 Å². The van der Waals surface area contributed by atoms with Crippen LogP contribution in [0.15, 0.2) is 5.10 Å². The maximum absolute atomic E-state index is 10.5. The molecule has 0 saturated carbocycles. The lowest BCUT2D eigenvalue weighted by atomic mass is 10.1. The van der Waals surface area contributed by atoms with Crippen molar-refractivity contribution in [2.24, 2.45) is 5.10 Å². The van der Waals surface area contributed by atoms with E-state index in [1.54, 1.807) is 6.21 Å². The molecule has 0 N–H and O–H groups in total. The number of unbranched alkanes of at least 4 members (excludes halogenated alkanes) is 5. The maximum Gasteiger partial charge on any atom is 0.302 e. The fourth-order valence-corrected chi connectivity index (χ4v) is 1.40. The number of nitrogens with zero attached hydrogens (tertiary/aromatic N) is 3. The van der Waals surface area contributed by atoms with Crippen LogP contribution in [0.2, 0.25) is 0 Å². The molecule has 0 aliphatic rings. The molecule has 0 aliphatic carbocycles. The Kier molecular flexibility index (Phi) is 10.9. The molecule has 5 nitrogen and oxygen atoms in total. The van der Waals surface area contributed by atoms with Crippen molar-refractivity contribution < 1.29 is 9.53 Å². The first-order valence-electron chi connectivity index (χ1n) is 6.53. The van der Waals surface area contributed by atoms with E-state index < -0.39 is 0 Å². The smallest absolute Gasteiger partial charge is 0.302 e. The summed E-state index contributed by atoms with van der Waals surface area (Å²) in [7, 11) is 0. The number of hydrogen-bond acceptors (Lipinski definition) is 5. The van der Waals surface area contributed by atoms with E-state index in [0.717, 1.165) is 12.8 Å². The third kappa shape index (κ3) is 10.9. The van der Waals surface area contributed by atoms with Gasteiger partial charge in [-0.2, -0.15) is 15.4 Å². The van der Waals surface area contributed by atoms with E-state index in [0.29, 0.717) is 6.54 Å². The van der Waals surface area contributed by atoms with E-state index in [9.17, 15) is 4.79 Å². The van der Waals surface area contributed by atoms with E-state index in [-0.39, 0.29) is 12.6 Å². The van der Waals surface area contributed by atoms with E-state index >= 15 is 0 Å². The molecule has 0 aromatic heterocycles. The van der Waals surface area contributed by atoms with Gasteiger partial charge >= 0.3 is 5.97 Å². The maximum atomic E-state index is 10.5. The molecule has 18 heavy (non-hydrogen) atoms. The summed E-state index contributed by atoms with van der Waals surface area (Å²) in [4.78, 5) is 10.5. The molecule has 0 unspecified atom stereocenters. The first-order chi connectivity index (χ1) is 8.70. The van der Waals surface area contributed by atoms with Crippen LogP contribution >= 0.6 is 0 Å². The van der Waals surface area contributed by atoms with E-state index in [1.807, 2.05) is 6.19 Å². The van der Waals surface area contributed by atoms with Gasteiger partial charge in [-0.1, -0.05) is 32.6 Å². The van der Waals surface area contributed by atoms with Crippen LogP contribution in [0.1, 0.15) is 52.4 Å². The van der Waals surface area contributed by atoms with E-state index in [2.05, 4.69) is 12.0 Å². The van der Waals surface area contributed by atoms with Crippen LogP contribution in [-0.2, 0) is 9.53 Å². The minimum atomic E-state index is -0.340. The van der Waals surface area contributed by atoms with Crippen molar-refractivity contribution in [2.75, 3.05) is 13.2 Å². The molecule has 0 rings (SSSR count). The Bertz CT molecular complexity index is 284. The number of carbonyl (C=O) groups excluding carboxylic acids is 1. The molecule has 0 aromatic carbocycles. The molecule has 0 bridgehead atoms. The Morgan fingerprint density at radius 3 is 2.72 bits per heavy atom. The van der Waals surface area contributed by atoms with Gasteiger partial charge in [-0.05, 0) is 12.8 Å². The second-order valence-corrected chi connectivity index (χ2v) is 4.06. The number of rotatable bonds is 10. The summed E-state index contributed by atoms with van der Waals surface area (Å²) in [6.45, 7) is 4.03. The van der Waals surface area contributed by atoms with Crippen LogP contribution in [0.5, 0.6) is 0 Å². The fraction of sp³-hybridized carbons (Fsp3) is 0.769. The molecule has 0 fully saturated rings. The lowest BCUT2D eigenvalue weighted by Crippen LogP contribution is -2.18. The standard InChI is InChI=1S/C13H23N3O2/c1-3-4-5-6-7-8-9-15-16(12-14)10-11-18-13(2)17/h9H,3-8,10-11H2,1-2H3/b15-9+. The van der Waals surface area contributed by atoms with E-state index in [4.69, 9.17) is 10.00 Å². The van der Waals surface area contributed by atoms with Crippen LogP contribution in [0.4, 0.5) is 0 Å². The van der Waals surface area contributed by atoms with Gasteiger partial charge in [0.15, 0.2) is 0 Å². The summed E-state index contributed by atoms with van der Waals surface area (Å²) >= 11 is 0. The SMILES string of the molecule is CCCCCCC/C=N/N(C#N)CCOC(C)=O. The first kappa shape index (κ1) is 16.4. The number of esters is 1. The van der Waals surface area contributed by atoms with Crippen molar-refractivity contribution in [3.8, 4) is 6.19 Å². The lowest BCUT2D eigenvalue weighted by molar-refractivity contribution is -0.141. The number of ether oxygens (including phenoxy) is 1. The van der Waals surface area contributed by atoms with Crippen molar-refractivity contribution in [2.45, 2.75) is 52.4 Å². The third-order valence-electron chi connectivity index (χ3n) is 2.38. The van der Waals surface area contributed by atoms with Crippen molar-refractivity contribution >= 4 is 12.2 Å². The van der Waals surface area contributed by atoms with Crippen LogP contribution in [-0.4, -0.2) is 30.3 Å². The topological polar surface area (TPSA) is 65.7 Å². The summed E-state index contributed by atoms with van der Waals surface area (Å²) in [5.41, 5.74) is 0. The monoisotopic (exact) mass is 253 g/mol. The molecule has 0 saturated heterocycles. The Hall–Kier alpha value is -1.57. The molecule has 0 aliphatic heterocycles. The van der Waals surface area contributed by atoms with Gasteiger partial charge in [0.2, 0.25) is 6.19 Å². The van der Waals surface area contributed by atoms with Gasteiger partial charge in [-0.25, -0.2) is 0 Å².